The molecule has 104 heavy (non-hydrogen) atoms. The summed E-state index contributed by atoms with van der Waals surface area (Å²) in [4.78, 5) is 73.2. The molecule has 0 saturated carbocycles. The lowest BCUT2D eigenvalue weighted by atomic mass is 9.99. The SMILES string of the molecule is CCCCCCCCCCCCCCCC(=O)OC[C@H](COP(=O)(O)OC[C@H](O)COP(=O)(O)OC[C@@H](COC(=O)CCCCCCCCCCCCCCCC(C)C)OC(=O)CCCCCCCCCCCCCCCCCCCCC(C)CC)OC(=O)CCCCCCCCCCCCCCC. The second-order valence-corrected chi connectivity index (χ2v) is 34.2. The van der Waals surface area contributed by atoms with Crippen LogP contribution in [0.3, 0.4) is 0 Å². The van der Waals surface area contributed by atoms with E-state index in [0.717, 1.165) is 102 Å². The standard InChI is InChI=1S/C85H166O17P2/c1-7-10-12-14-16-18-20-29-37-43-49-55-61-67-82(87)95-73-80(101-84(89)69-63-57-51-45-39-30-21-19-17-15-13-11-8-2)75-99-103(91,92)97-71-79(86)72-98-104(93,94)100-76-81(74-96-83(88)68-62-56-50-44-38-34-28-31-35-41-47-53-59-65-77(4)5)102-85(90)70-64-58-52-46-40-33-27-25-23-22-24-26-32-36-42-48-54-60-66-78(6)9-3/h77-81,86H,7-76H2,1-6H3,(H,91,92)(H,93,94)/t78?,79-,80+,81+/m0/s1. The molecule has 6 atom stereocenters. The first-order chi connectivity index (χ1) is 50.4. The van der Waals surface area contributed by atoms with Crippen LogP contribution in [0, 0.1) is 11.8 Å². The molecule has 0 aromatic heterocycles. The minimum atomic E-state index is -4.97. The van der Waals surface area contributed by atoms with E-state index in [4.69, 9.17) is 37.0 Å². The molecule has 0 aliphatic carbocycles. The average Bonchev–Trinajstić information content (AvgIpc) is 0.902. The van der Waals surface area contributed by atoms with Crippen LogP contribution in [0.5, 0.6) is 0 Å². The molecule has 0 radical (unpaired) electrons. The van der Waals surface area contributed by atoms with Crippen molar-refractivity contribution in [2.24, 2.45) is 11.8 Å². The van der Waals surface area contributed by atoms with Crippen LogP contribution in [0.25, 0.3) is 0 Å². The van der Waals surface area contributed by atoms with Crippen molar-refractivity contribution >= 4 is 39.5 Å². The van der Waals surface area contributed by atoms with Crippen LogP contribution in [0.1, 0.15) is 452 Å². The lowest BCUT2D eigenvalue weighted by Gasteiger charge is -2.21. The van der Waals surface area contributed by atoms with Crippen LogP contribution >= 0.6 is 15.6 Å². The third kappa shape index (κ3) is 76.8. The maximum Gasteiger partial charge on any atom is 0.472 e. The zero-order valence-corrected chi connectivity index (χ0v) is 70.1. The van der Waals surface area contributed by atoms with E-state index in [2.05, 4.69) is 41.5 Å². The number of hydrogen-bond acceptors (Lipinski definition) is 15. The Kier molecular flexibility index (Phi) is 75.0. The van der Waals surface area contributed by atoms with E-state index >= 15 is 0 Å². The molecule has 0 saturated heterocycles. The first kappa shape index (κ1) is 102. The number of carbonyl (C=O) groups excluding carboxylic acids is 4. The molecule has 0 aromatic carbocycles. The zero-order valence-electron chi connectivity index (χ0n) is 68.3. The number of phosphoric ester groups is 2. The van der Waals surface area contributed by atoms with Crippen molar-refractivity contribution in [3.63, 3.8) is 0 Å². The maximum absolute atomic E-state index is 13.1. The number of ether oxygens (including phenoxy) is 4. The van der Waals surface area contributed by atoms with Crippen molar-refractivity contribution in [1.29, 1.82) is 0 Å². The topological polar surface area (TPSA) is 237 Å². The number of carbonyl (C=O) groups is 4. The van der Waals surface area contributed by atoms with E-state index in [-0.39, 0.29) is 25.7 Å². The number of phosphoric acid groups is 2. The van der Waals surface area contributed by atoms with Gasteiger partial charge in [0.15, 0.2) is 12.2 Å². The smallest absolute Gasteiger partial charge is 0.462 e. The summed E-state index contributed by atoms with van der Waals surface area (Å²) in [6.45, 7) is 9.75. The molecule has 19 heteroatoms. The Hall–Kier alpha value is -1.94. The second kappa shape index (κ2) is 76.4. The number of unbranched alkanes of at least 4 members (excludes halogenated alkanes) is 53. The highest BCUT2D eigenvalue weighted by Crippen LogP contribution is 2.45. The van der Waals surface area contributed by atoms with E-state index in [9.17, 15) is 43.2 Å². The Bertz CT molecular complexity index is 2000. The van der Waals surface area contributed by atoms with Gasteiger partial charge in [-0.3, -0.25) is 37.3 Å². The van der Waals surface area contributed by atoms with Crippen LogP contribution in [0.2, 0.25) is 0 Å². The van der Waals surface area contributed by atoms with E-state index in [1.807, 2.05) is 0 Å². The Morgan fingerprint density at radius 2 is 0.490 bits per heavy atom. The fourth-order valence-corrected chi connectivity index (χ4v) is 14.8. The number of rotatable bonds is 84. The monoisotopic (exact) mass is 1520 g/mol. The van der Waals surface area contributed by atoms with E-state index in [1.54, 1.807) is 0 Å². The lowest BCUT2D eigenvalue weighted by Crippen LogP contribution is -2.30. The molecule has 3 unspecified atom stereocenters. The van der Waals surface area contributed by atoms with Crippen molar-refractivity contribution in [2.45, 2.75) is 471 Å². The van der Waals surface area contributed by atoms with Crippen LogP contribution in [-0.4, -0.2) is 96.7 Å². The van der Waals surface area contributed by atoms with Gasteiger partial charge in [0.05, 0.1) is 26.4 Å². The molecule has 3 N–H and O–H groups in total. The van der Waals surface area contributed by atoms with Gasteiger partial charge < -0.3 is 33.8 Å². The van der Waals surface area contributed by atoms with Gasteiger partial charge in [0.2, 0.25) is 0 Å². The normalized spacial score (nSPS) is 14.1. The minimum absolute atomic E-state index is 0.108. The molecule has 0 aromatic rings. The van der Waals surface area contributed by atoms with Gasteiger partial charge in [-0.25, -0.2) is 9.13 Å². The van der Waals surface area contributed by atoms with E-state index in [0.29, 0.717) is 25.7 Å². The Balaban J connectivity index is 5.24. The summed E-state index contributed by atoms with van der Waals surface area (Å²) in [6.07, 6.45) is 67.8. The highest BCUT2D eigenvalue weighted by atomic mass is 31.2. The third-order valence-electron chi connectivity index (χ3n) is 20.3. The van der Waals surface area contributed by atoms with Crippen LogP contribution < -0.4 is 0 Å². The molecule has 0 fully saturated rings. The molecular weight excluding hydrogens is 1350 g/mol. The molecular formula is C85H166O17P2. The van der Waals surface area contributed by atoms with Crippen molar-refractivity contribution in [1.82, 2.24) is 0 Å². The number of hydrogen-bond donors (Lipinski definition) is 3. The van der Waals surface area contributed by atoms with Gasteiger partial charge in [-0.05, 0) is 37.5 Å². The highest BCUT2D eigenvalue weighted by molar-refractivity contribution is 7.47. The van der Waals surface area contributed by atoms with Crippen LogP contribution in [0.4, 0.5) is 0 Å². The predicted molar refractivity (Wildman–Crippen MR) is 428 cm³/mol. The van der Waals surface area contributed by atoms with Crippen LogP contribution in [0.15, 0.2) is 0 Å². The van der Waals surface area contributed by atoms with Gasteiger partial charge in [-0.1, -0.05) is 401 Å². The molecule has 0 spiro atoms. The largest absolute Gasteiger partial charge is 0.472 e. The van der Waals surface area contributed by atoms with Crippen LogP contribution in [-0.2, 0) is 65.4 Å². The highest BCUT2D eigenvalue weighted by Gasteiger charge is 2.30. The molecule has 618 valence electrons. The van der Waals surface area contributed by atoms with Gasteiger partial charge >= 0.3 is 39.5 Å². The average molecular weight is 1520 g/mol. The molecule has 0 heterocycles. The molecule has 17 nitrogen and oxygen atoms in total. The Morgan fingerprint density at radius 3 is 0.731 bits per heavy atom. The second-order valence-electron chi connectivity index (χ2n) is 31.3. The van der Waals surface area contributed by atoms with Crippen molar-refractivity contribution in [3.05, 3.63) is 0 Å². The predicted octanol–water partition coefficient (Wildman–Crippen LogP) is 25.8. The number of esters is 4. The summed E-state index contributed by atoms with van der Waals surface area (Å²) in [5.74, 6) is -0.439. The maximum atomic E-state index is 13.1. The molecule has 0 bridgehead atoms. The number of aliphatic hydroxyl groups excluding tert-OH is 1. The third-order valence-corrected chi connectivity index (χ3v) is 22.2. The van der Waals surface area contributed by atoms with Gasteiger partial charge in [0.25, 0.3) is 0 Å². The quantitative estimate of drug-likeness (QED) is 0.0222. The van der Waals surface area contributed by atoms with Crippen molar-refractivity contribution < 1.29 is 80.2 Å². The van der Waals surface area contributed by atoms with Gasteiger partial charge in [-0.15, -0.1) is 0 Å². The summed E-state index contributed by atoms with van der Waals surface area (Å²) >= 11 is 0. The minimum Gasteiger partial charge on any atom is -0.462 e. The molecule has 0 aliphatic rings. The van der Waals surface area contributed by atoms with E-state index in [1.165, 1.54) is 270 Å². The Labute approximate surface area is 638 Å². The van der Waals surface area contributed by atoms with Crippen molar-refractivity contribution in [3.8, 4) is 0 Å². The van der Waals surface area contributed by atoms with Gasteiger partial charge in [0.1, 0.15) is 19.3 Å². The fourth-order valence-electron chi connectivity index (χ4n) is 13.2. The zero-order chi connectivity index (χ0) is 76.4. The van der Waals surface area contributed by atoms with Gasteiger partial charge in [-0.2, -0.15) is 0 Å². The summed E-state index contributed by atoms with van der Waals surface area (Å²) in [5, 5.41) is 10.7. The molecule has 0 rings (SSSR count). The summed E-state index contributed by atoms with van der Waals surface area (Å²) in [7, 11) is -9.93. The Morgan fingerprint density at radius 1 is 0.279 bits per heavy atom. The van der Waals surface area contributed by atoms with Gasteiger partial charge in [0, 0.05) is 25.7 Å². The van der Waals surface area contributed by atoms with E-state index < -0.39 is 97.5 Å². The summed E-state index contributed by atoms with van der Waals surface area (Å²) in [5.41, 5.74) is 0. The lowest BCUT2D eigenvalue weighted by molar-refractivity contribution is -0.161. The first-order valence-corrected chi connectivity index (χ1v) is 47.0. The van der Waals surface area contributed by atoms with Crippen molar-refractivity contribution in [2.75, 3.05) is 39.6 Å². The number of aliphatic hydroxyl groups is 1. The fraction of sp³-hybridized carbons (Fsp3) is 0.953. The molecule has 0 amide bonds. The summed E-state index contributed by atoms with van der Waals surface area (Å²) < 4.78 is 68.9. The first-order valence-electron chi connectivity index (χ1n) is 44.0. The summed E-state index contributed by atoms with van der Waals surface area (Å²) in [6, 6.07) is 0. The molecule has 0 aliphatic heterocycles.